The van der Waals surface area contributed by atoms with Gasteiger partial charge in [0.1, 0.15) is 5.69 Å². The molecule has 0 fully saturated rings. The molecule has 23 heavy (non-hydrogen) atoms. The van der Waals surface area contributed by atoms with Crippen molar-refractivity contribution < 1.29 is 4.92 Å². The van der Waals surface area contributed by atoms with Crippen LogP contribution >= 0.6 is 11.3 Å². The summed E-state index contributed by atoms with van der Waals surface area (Å²) in [6.45, 7) is 2.56. The summed E-state index contributed by atoms with van der Waals surface area (Å²) in [7, 11) is 0. The molecule has 0 N–H and O–H groups in total. The minimum Gasteiger partial charge on any atom is -0.312 e. The maximum absolute atomic E-state index is 11.3. The number of rotatable bonds is 5. The lowest BCUT2D eigenvalue weighted by molar-refractivity contribution is -0.384. The molecule has 0 unspecified atom stereocenters. The molecule has 0 saturated carbocycles. The molecule has 0 bridgehead atoms. The fourth-order valence-electron chi connectivity index (χ4n) is 2.39. The van der Waals surface area contributed by atoms with E-state index in [1.165, 1.54) is 17.4 Å². The Balaban J connectivity index is 2.00. The molecule has 0 amide bonds. The molecule has 3 rings (SSSR count). The predicted molar refractivity (Wildman–Crippen MR) is 93.3 cm³/mol. The highest BCUT2D eigenvalue weighted by molar-refractivity contribution is 7.14. The standard InChI is InChI=1S/C17H15N3O2S/c1-2-19(15-10-6-7-11-16(15)20(21)22)17-18-14(12-23-17)13-8-4-3-5-9-13/h3-12H,2H2,1H3. The van der Waals surface area contributed by atoms with Gasteiger partial charge >= 0.3 is 0 Å². The monoisotopic (exact) mass is 325 g/mol. The van der Waals surface area contributed by atoms with E-state index in [2.05, 4.69) is 4.98 Å². The molecule has 0 radical (unpaired) electrons. The molecular formula is C17H15N3O2S. The number of aromatic nitrogens is 1. The van der Waals surface area contributed by atoms with E-state index < -0.39 is 0 Å². The molecule has 2 aromatic carbocycles. The first kappa shape index (κ1) is 15.2. The lowest BCUT2D eigenvalue weighted by Crippen LogP contribution is -2.17. The van der Waals surface area contributed by atoms with E-state index in [1.807, 2.05) is 47.5 Å². The van der Waals surface area contributed by atoms with Crippen molar-refractivity contribution in [1.29, 1.82) is 0 Å². The van der Waals surface area contributed by atoms with E-state index in [0.29, 0.717) is 12.2 Å². The highest BCUT2D eigenvalue weighted by atomic mass is 32.1. The molecule has 0 saturated heterocycles. The van der Waals surface area contributed by atoms with Crippen molar-refractivity contribution >= 4 is 27.8 Å². The Labute approximate surface area is 138 Å². The van der Waals surface area contributed by atoms with Crippen molar-refractivity contribution in [3.8, 4) is 11.3 Å². The number of benzene rings is 2. The van der Waals surface area contributed by atoms with Crippen molar-refractivity contribution in [2.45, 2.75) is 6.92 Å². The van der Waals surface area contributed by atoms with Gasteiger partial charge in [-0.3, -0.25) is 10.1 Å². The molecule has 6 heteroatoms. The van der Waals surface area contributed by atoms with Crippen LogP contribution in [0.2, 0.25) is 0 Å². The number of anilines is 2. The summed E-state index contributed by atoms with van der Waals surface area (Å²) < 4.78 is 0. The van der Waals surface area contributed by atoms with Crippen LogP contribution in [0.15, 0.2) is 60.0 Å². The molecule has 0 aliphatic carbocycles. The maximum atomic E-state index is 11.3. The zero-order chi connectivity index (χ0) is 16.2. The van der Waals surface area contributed by atoms with Crippen LogP contribution in [0.4, 0.5) is 16.5 Å². The largest absolute Gasteiger partial charge is 0.312 e. The number of nitrogens with zero attached hydrogens (tertiary/aromatic N) is 3. The predicted octanol–water partition coefficient (Wildman–Crippen LogP) is 4.88. The van der Waals surface area contributed by atoms with Gasteiger partial charge in [0.2, 0.25) is 0 Å². The first-order valence-corrected chi connectivity index (χ1v) is 8.10. The van der Waals surface area contributed by atoms with Crippen molar-refractivity contribution in [3.63, 3.8) is 0 Å². The summed E-state index contributed by atoms with van der Waals surface area (Å²) in [6, 6.07) is 16.6. The third-order valence-electron chi connectivity index (χ3n) is 3.48. The van der Waals surface area contributed by atoms with Gasteiger partial charge in [-0.1, -0.05) is 42.5 Å². The van der Waals surface area contributed by atoms with Gasteiger partial charge in [-0.05, 0) is 13.0 Å². The lowest BCUT2D eigenvalue weighted by atomic mass is 10.2. The zero-order valence-corrected chi connectivity index (χ0v) is 13.4. The van der Waals surface area contributed by atoms with E-state index in [-0.39, 0.29) is 10.6 Å². The van der Waals surface area contributed by atoms with Crippen molar-refractivity contribution in [2.75, 3.05) is 11.4 Å². The van der Waals surface area contributed by atoms with Gasteiger partial charge in [-0.2, -0.15) is 0 Å². The van der Waals surface area contributed by atoms with Crippen LogP contribution in [0.5, 0.6) is 0 Å². The first-order valence-electron chi connectivity index (χ1n) is 7.22. The van der Waals surface area contributed by atoms with E-state index in [4.69, 9.17) is 0 Å². The molecule has 1 heterocycles. The Kier molecular flexibility index (Phi) is 4.34. The van der Waals surface area contributed by atoms with Crippen molar-refractivity contribution in [2.24, 2.45) is 0 Å². The number of hydrogen-bond donors (Lipinski definition) is 0. The van der Waals surface area contributed by atoms with Crippen LogP contribution in [-0.4, -0.2) is 16.5 Å². The van der Waals surface area contributed by atoms with Crippen LogP contribution < -0.4 is 4.90 Å². The molecule has 3 aromatic rings. The SMILES string of the molecule is CCN(c1nc(-c2ccccc2)cs1)c1ccccc1[N+](=O)[O-]. The Hall–Kier alpha value is -2.73. The third-order valence-corrected chi connectivity index (χ3v) is 4.34. The normalized spacial score (nSPS) is 10.5. The van der Waals surface area contributed by atoms with Gasteiger partial charge in [0, 0.05) is 23.6 Å². The quantitative estimate of drug-likeness (QED) is 0.495. The van der Waals surface area contributed by atoms with E-state index in [0.717, 1.165) is 16.4 Å². The van der Waals surface area contributed by atoms with Gasteiger partial charge < -0.3 is 4.90 Å². The van der Waals surface area contributed by atoms with Crippen LogP contribution in [0.1, 0.15) is 6.92 Å². The molecule has 1 aromatic heterocycles. The Morgan fingerprint density at radius 1 is 1.13 bits per heavy atom. The molecular weight excluding hydrogens is 310 g/mol. The van der Waals surface area contributed by atoms with Gasteiger partial charge in [0.25, 0.3) is 5.69 Å². The summed E-state index contributed by atoms with van der Waals surface area (Å²) in [5.41, 5.74) is 2.57. The molecule has 0 aliphatic heterocycles. The highest BCUT2D eigenvalue weighted by Gasteiger charge is 2.21. The number of nitro groups is 1. The minimum atomic E-state index is -0.357. The fraction of sp³-hybridized carbons (Fsp3) is 0.118. The summed E-state index contributed by atoms with van der Waals surface area (Å²) in [5, 5.41) is 14.0. The smallest absolute Gasteiger partial charge is 0.292 e. The molecule has 0 atom stereocenters. The van der Waals surface area contributed by atoms with Gasteiger partial charge in [0.15, 0.2) is 5.13 Å². The molecule has 116 valence electrons. The number of hydrogen-bond acceptors (Lipinski definition) is 5. The zero-order valence-electron chi connectivity index (χ0n) is 12.5. The Morgan fingerprint density at radius 2 is 1.83 bits per heavy atom. The van der Waals surface area contributed by atoms with Gasteiger partial charge in [0.05, 0.1) is 10.6 Å². The van der Waals surface area contributed by atoms with Gasteiger partial charge in [-0.15, -0.1) is 11.3 Å². The number of thiazole rings is 1. The topological polar surface area (TPSA) is 59.3 Å². The average molecular weight is 325 g/mol. The molecule has 5 nitrogen and oxygen atoms in total. The van der Waals surface area contributed by atoms with Crippen molar-refractivity contribution in [1.82, 2.24) is 4.98 Å². The average Bonchev–Trinajstić information content (AvgIpc) is 3.06. The van der Waals surface area contributed by atoms with Crippen LogP contribution in [-0.2, 0) is 0 Å². The van der Waals surface area contributed by atoms with E-state index >= 15 is 0 Å². The maximum Gasteiger partial charge on any atom is 0.292 e. The van der Waals surface area contributed by atoms with Crippen LogP contribution in [0.25, 0.3) is 11.3 Å². The Morgan fingerprint density at radius 3 is 2.52 bits per heavy atom. The second-order valence-electron chi connectivity index (χ2n) is 4.87. The van der Waals surface area contributed by atoms with Crippen LogP contribution in [0, 0.1) is 10.1 Å². The lowest BCUT2D eigenvalue weighted by Gasteiger charge is -2.19. The van der Waals surface area contributed by atoms with E-state index in [1.54, 1.807) is 18.2 Å². The fourth-order valence-corrected chi connectivity index (χ4v) is 3.30. The summed E-state index contributed by atoms with van der Waals surface area (Å²) in [5.74, 6) is 0. The summed E-state index contributed by atoms with van der Waals surface area (Å²) in [6.07, 6.45) is 0. The Bertz CT molecular complexity index is 817. The van der Waals surface area contributed by atoms with Gasteiger partial charge in [-0.25, -0.2) is 4.98 Å². The molecule has 0 spiro atoms. The van der Waals surface area contributed by atoms with Crippen LogP contribution in [0.3, 0.4) is 0 Å². The second kappa shape index (κ2) is 6.58. The molecule has 0 aliphatic rings. The first-order chi connectivity index (χ1) is 11.2. The summed E-state index contributed by atoms with van der Waals surface area (Å²) in [4.78, 5) is 17.4. The number of nitro benzene ring substituents is 1. The number of para-hydroxylation sites is 2. The summed E-state index contributed by atoms with van der Waals surface area (Å²) >= 11 is 1.48. The minimum absolute atomic E-state index is 0.0887. The van der Waals surface area contributed by atoms with Crippen molar-refractivity contribution in [3.05, 3.63) is 70.1 Å². The van der Waals surface area contributed by atoms with E-state index in [9.17, 15) is 10.1 Å². The highest BCUT2D eigenvalue weighted by Crippen LogP contribution is 2.36. The third kappa shape index (κ3) is 3.07. The second-order valence-corrected chi connectivity index (χ2v) is 5.71.